The molecule has 270 valence electrons. The number of hydrogen-bond acceptors (Lipinski definition) is 10. The van der Waals surface area contributed by atoms with Gasteiger partial charge in [0.1, 0.15) is 17.5 Å². The van der Waals surface area contributed by atoms with Crippen LogP contribution in [0.1, 0.15) is 0 Å². The van der Waals surface area contributed by atoms with E-state index in [4.69, 9.17) is 0 Å². The molecule has 18 heteroatoms. The van der Waals surface area contributed by atoms with Crippen LogP contribution in [0.25, 0.3) is 22.3 Å². The number of halogens is 2. The zero-order valence-electron chi connectivity index (χ0n) is 28.0. The molecule has 0 spiro atoms. The molecule has 1 aliphatic rings. The Labute approximate surface area is 299 Å². The van der Waals surface area contributed by atoms with Gasteiger partial charge in [0.05, 0.1) is 15.4 Å². The van der Waals surface area contributed by atoms with Crippen molar-refractivity contribution in [1.29, 1.82) is 0 Å². The van der Waals surface area contributed by atoms with Gasteiger partial charge >= 0.3 is 0 Å². The first kappa shape index (κ1) is 36.1. The average Bonchev–Trinajstić information content (AvgIpc) is 3.71. The number of rotatable bonds is 9. The van der Waals surface area contributed by atoms with Gasteiger partial charge in [0, 0.05) is 69.8 Å². The van der Waals surface area contributed by atoms with E-state index in [9.17, 15) is 25.6 Å². The number of piperazine rings is 1. The number of aromatic nitrogens is 6. The summed E-state index contributed by atoms with van der Waals surface area (Å²) >= 11 is 0. The molecule has 0 amide bonds. The highest BCUT2D eigenvalue weighted by molar-refractivity contribution is 7.93. The third-order valence-electron chi connectivity index (χ3n) is 8.05. The maximum atomic E-state index is 13.2. The maximum absolute atomic E-state index is 13.2. The molecule has 2 aromatic carbocycles. The molecule has 3 N–H and O–H groups in total. The third kappa shape index (κ3) is 8.42. The van der Waals surface area contributed by atoms with Crippen molar-refractivity contribution < 1.29 is 25.6 Å². The molecule has 52 heavy (non-hydrogen) atoms. The molecule has 4 aromatic heterocycles. The fraction of sp³-hybridized carbons (Fsp3) is 0.176. The van der Waals surface area contributed by atoms with Crippen LogP contribution >= 0.6 is 0 Å². The molecule has 0 atom stereocenters. The van der Waals surface area contributed by atoms with E-state index in [0.29, 0.717) is 16.9 Å². The lowest BCUT2D eigenvalue weighted by atomic mass is 10.1. The predicted molar refractivity (Wildman–Crippen MR) is 192 cm³/mol. The highest BCUT2D eigenvalue weighted by atomic mass is 32.2. The molecule has 14 nitrogen and oxygen atoms in total. The van der Waals surface area contributed by atoms with Crippen molar-refractivity contribution >= 4 is 37.5 Å². The Morgan fingerprint density at radius 2 is 1.17 bits per heavy atom. The summed E-state index contributed by atoms with van der Waals surface area (Å²) in [5, 5.41) is 11.4. The zero-order chi connectivity index (χ0) is 36.9. The van der Waals surface area contributed by atoms with Crippen LogP contribution in [0.15, 0.2) is 114 Å². The second kappa shape index (κ2) is 15.3. The number of pyridine rings is 2. The summed E-state index contributed by atoms with van der Waals surface area (Å²) in [6.45, 7) is 3.34. The van der Waals surface area contributed by atoms with Crippen molar-refractivity contribution in [3.63, 3.8) is 0 Å². The Morgan fingerprint density at radius 3 is 1.71 bits per heavy atom. The molecule has 1 aliphatic heterocycles. The molecule has 0 radical (unpaired) electrons. The van der Waals surface area contributed by atoms with E-state index < -0.39 is 31.7 Å². The van der Waals surface area contributed by atoms with Crippen LogP contribution in [-0.4, -0.2) is 84.9 Å². The normalized spacial score (nSPS) is 13.7. The van der Waals surface area contributed by atoms with E-state index in [2.05, 4.69) is 51.6 Å². The number of benzene rings is 2. The van der Waals surface area contributed by atoms with E-state index in [0.717, 1.165) is 61.6 Å². The van der Waals surface area contributed by atoms with Crippen molar-refractivity contribution in [2.45, 2.75) is 9.79 Å². The van der Waals surface area contributed by atoms with Gasteiger partial charge in [-0.15, -0.1) is 0 Å². The summed E-state index contributed by atoms with van der Waals surface area (Å²) in [5.74, 6) is 0.137. The zero-order valence-corrected chi connectivity index (χ0v) is 29.6. The Balaban J connectivity index is 0.000000183. The SMILES string of the molecule is CN1CCN(c2n[nH]c(NS(=O)(=O)c3ccc(F)cc3)c2-c2ccncc2)CC1.Cn1cc(-c2ccncc2)c(NS(=O)(=O)c2ccc(F)cc2)n1. The van der Waals surface area contributed by atoms with Gasteiger partial charge in [-0.1, -0.05) is 0 Å². The highest BCUT2D eigenvalue weighted by Gasteiger charge is 2.26. The van der Waals surface area contributed by atoms with Gasteiger partial charge in [-0.3, -0.25) is 29.2 Å². The lowest BCUT2D eigenvalue weighted by Gasteiger charge is -2.33. The molecular weight excluding hydrogens is 715 g/mol. The number of anilines is 3. The van der Waals surface area contributed by atoms with Crippen LogP contribution in [0.2, 0.25) is 0 Å². The summed E-state index contributed by atoms with van der Waals surface area (Å²) in [6.07, 6.45) is 8.22. The Bertz CT molecular complexity index is 2330. The standard InChI is InChI=1S/C19H21FN6O2S.C15H13FN4O2S/c1-25-10-12-26(13-11-25)19-17(14-6-8-21-9-7-14)18(22-23-19)24-29(27,28)16-4-2-15(20)3-5-16;1-20-10-14(11-6-8-17-9-7-11)15(18-20)19-23(21,22)13-4-2-12(16)3-5-13/h2-9H,10-13H2,1H3,(H2,22,23,24);2-10H,1H3,(H,18,19). The minimum atomic E-state index is -3.92. The lowest BCUT2D eigenvalue weighted by molar-refractivity contribution is 0.312. The number of sulfonamides is 2. The lowest BCUT2D eigenvalue weighted by Crippen LogP contribution is -2.44. The minimum absolute atomic E-state index is 0.0321. The van der Waals surface area contributed by atoms with Crippen LogP contribution in [0.4, 0.5) is 26.2 Å². The number of nitrogens with zero attached hydrogens (tertiary/aromatic N) is 7. The largest absolute Gasteiger partial charge is 0.352 e. The molecule has 0 saturated carbocycles. The predicted octanol–water partition coefficient (Wildman–Crippen LogP) is 4.59. The van der Waals surface area contributed by atoms with Gasteiger partial charge in [0.25, 0.3) is 20.0 Å². The first-order valence-electron chi connectivity index (χ1n) is 15.8. The van der Waals surface area contributed by atoms with Crippen LogP contribution in [0.3, 0.4) is 0 Å². The van der Waals surface area contributed by atoms with Gasteiger partial charge in [-0.25, -0.2) is 25.6 Å². The topological polar surface area (TPSA) is 171 Å². The molecule has 0 bridgehead atoms. The fourth-order valence-electron chi connectivity index (χ4n) is 5.36. The van der Waals surface area contributed by atoms with E-state index >= 15 is 0 Å². The quantitative estimate of drug-likeness (QED) is 0.190. The minimum Gasteiger partial charge on any atom is -0.352 e. The summed E-state index contributed by atoms with van der Waals surface area (Å²) in [5.41, 5.74) is 2.85. The number of nitrogens with one attached hydrogen (secondary N) is 3. The van der Waals surface area contributed by atoms with E-state index in [1.54, 1.807) is 62.3 Å². The summed E-state index contributed by atoms with van der Waals surface area (Å²) in [6, 6.07) is 16.4. The summed E-state index contributed by atoms with van der Waals surface area (Å²) in [4.78, 5) is 12.3. The first-order valence-corrected chi connectivity index (χ1v) is 18.8. The highest BCUT2D eigenvalue weighted by Crippen LogP contribution is 2.36. The van der Waals surface area contributed by atoms with Crippen molar-refractivity contribution in [1.82, 2.24) is 34.8 Å². The van der Waals surface area contributed by atoms with Gasteiger partial charge in [-0.2, -0.15) is 10.2 Å². The fourth-order valence-corrected chi connectivity index (χ4v) is 7.41. The molecule has 1 fully saturated rings. The first-order chi connectivity index (χ1) is 24.9. The van der Waals surface area contributed by atoms with Crippen molar-refractivity contribution in [2.75, 3.05) is 47.6 Å². The van der Waals surface area contributed by atoms with Gasteiger partial charge in [0.15, 0.2) is 11.6 Å². The Hall–Kier alpha value is -5.72. The van der Waals surface area contributed by atoms with Gasteiger partial charge < -0.3 is 9.80 Å². The van der Waals surface area contributed by atoms with Crippen LogP contribution in [0, 0.1) is 11.6 Å². The second-order valence-corrected chi connectivity index (χ2v) is 15.1. The van der Waals surface area contributed by atoms with Gasteiger partial charge in [-0.05, 0) is 91.0 Å². The van der Waals surface area contributed by atoms with Crippen molar-refractivity contribution in [3.05, 3.63) is 115 Å². The number of H-pyrrole nitrogens is 1. The van der Waals surface area contributed by atoms with Crippen molar-refractivity contribution in [3.8, 4) is 22.3 Å². The Kier molecular flexibility index (Phi) is 10.6. The van der Waals surface area contributed by atoms with Crippen LogP contribution in [0.5, 0.6) is 0 Å². The third-order valence-corrected chi connectivity index (χ3v) is 10.8. The van der Waals surface area contributed by atoms with Crippen LogP contribution < -0.4 is 14.3 Å². The molecule has 7 rings (SSSR count). The number of hydrogen-bond donors (Lipinski definition) is 3. The number of likely N-dealkylation sites (N-methyl/N-ethyl adjacent to an activating group) is 1. The van der Waals surface area contributed by atoms with Gasteiger partial charge in [0.2, 0.25) is 0 Å². The number of aromatic amines is 1. The number of aryl methyl sites for hydroxylation is 1. The van der Waals surface area contributed by atoms with Crippen molar-refractivity contribution in [2.24, 2.45) is 7.05 Å². The summed E-state index contributed by atoms with van der Waals surface area (Å²) < 4.78 is 83.1. The molecule has 6 aromatic rings. The molecule has 0 unspecified atom stereocenters. The van der Waals surface area contributed by atoms with E-state index in [1.807, 2.05) is 0 Å². The smallest absolute Gasteiger partial charge is 0.263 e. The summed E-state index contributed by atoms with van der Waals surface area (Å²) in [7, 11) is -4.01. The van der Waals surface area contributed by atoms with E-state index in [-0.39, 0.29) is 21.4 Å². The maximum Gasteiger partial charge on any atom is 0.263 e. The second-order valence-electron chi connectivity index (χ2n) is 11.7. The average molecular weight is 749 g/mol. The molecule has 0 aliphatic carbocycles. The molecule has 5 heterocycles. The van der Waals surface area contributed by atoms with E-state index in [1.165, 1.54) is 28.9 Å². The molecule has 1 saturated heterocycles. The monoisotopic (exact) mass is 748 g/mol. The Morgan fingerprint density at radius 1 is 0.673 bits per heavy atom. The molecular formula is C34H34F2N10O4S2. The van der Waals surface area contributed by atoms with Crippen LogP contribution in [-0.2, 0) is 27.1 Å².